The van der Waals surface area contributed by atoms with Crippen molar-refractivity contribution in [1.29, 1.82) is 0 Å². The molecule has 0 radical (unpaired) electrons. The average Bonchev–Trinajstić information content (AvgIpc) is 2.36. The molecule has 2 aromatic carbocycles. The topological polar surface area (TPSA) is 23.5 Å². The quantitative estimate of drug-likeness (QED) is 0.888. The van der Waals surface area contributed by atoms with Gasteiger partial charge in [0.2, 0.25) is 0 Å². The Morgan fingerprint density at radius 3 is 2.21 bits per heavy atom. The van der Waals surface area contributed by atoms with Crippen LogP contribution in [0, 0.1) is 0 Å². The third kappa shape index (κ3) is 2.90. The highest BCUT2D eigenvalue weighted by Crippen LogP contribution is 2.29. The summed E-state index contributed by atoms with van der Waals surface area (Å²) in [6, 6.07) is 12.9. The van der Waals surface area contributed by atoms with E-state index in [0.717, 1.165) is 17.5 Å². The SMILES string of the molecule is CC(C)N(Cc1c(O)ccc2ccccc12)C(C)C. The Hall–Kier alpha value is -1.54. The Kier molecular flexibility index (Phi) is 4.11. The van der Waals surface area contributed by atoms with Crippen LogP contribution in [0.2, 0.25) is 0 Å². The van der Waals surface area contributed by atoms with Crippen molar-refractivity contribution in [2.45, 2.75) is 46.3 Å². The van der Waals surface area contributed by atoms with Crippen LogP contribution in [0.15, 0.2) is 36.4 Å². The zero-order chi connectivity index (χ0) is 14.0. The Bertz CT molecular complexity index is 552. The first-order valence-electron chi connectivity index (χ1n) is 6.96. The van der Waals surface area contributed by atoms with Gasteiger partial charge in [-0.2, -0.15) is 0 Å². The summed E-state index contributed by atoms with van der Waals surface area (Å²) < 4.78 is 0. The van der Waals surface area contributed by atoms with Gasteiger partial charge in [0.05, 0.1) is 0 Å². The molecule has 1 N–H and O–H groups in total. The van der Waals surface area contributed by atoms with E-state index in [1.807, 2.05) is 18.2 Å². The van der Waals surface area contributed by atoms with Crippen LogP contribution in [-0.2, 0) is 6.54 Å². The van der Waals surface area contributed by atoms with Crippen molar-refractivity contribution in [2.24, 2.45) is 0 Å². The maximum absolute atomic E-state index is 10.2. The standard InChI is InChI=1S/C17H23NO/c1-12(2)18(13(3)4)11-16-15-8-6-5-7-14(15)9-10-17(16)19/h5-10,12-13,19H,11H2,1-4H3. The molecular weight excluding hydrogens is 234 g/mol. The fourth-order valence-electron chi connectivity index (χ4n) is 2.63. The maximum Gasteiger partial charge on any atom is 0.120 e. The summed E-state index contributed by atoms with van der Waals surface area (Å²) in [6.07, 6.45) is 0. The van der Waals surface area contributed by atoms with Crippen LogP contribution >= 0.6 is 0 Å². The van der Waals surface area contributed by atoms with Crippen molar-refractivity contribution in [1.82, 2.24) is 4.90 Å². The van der Waals surface area contributed by atoms with Crippen molar-refractivity contribution in [3.8, 4) is 5.75 Å². The predicted octanol–water partition coefficient (Wildman–Crippen LogP) is 4.16. The Morgan fingerprint density at radius 2 is 1.58 bits per heavy atom. The van der Waals surface area contributed by atoms with Crippen molar-refractivity contribution >= 4 is 10.8 Å². The number of phenols is 1. The molecule has 0 fully saturated rings. The maximum atomic E-state index is 10.2. The molecule has 0 aliphatic heterocycles. The lowest BCUT2D eigenvalue weighted by Crippen LogP contribution is -2.36. The Balaban J connectivity index is 2.46. The first kappa shape index (κ1) is 13.9. The van der Waals surface area contributed by atoms with Crippen LogP contribution in [-0.4, -0.2) is 22.1 Å². The van der Waals surface area contributed by atoms with E-state index in [2.05, 4.69) is 44.7 Å². The molecule has 0 amide bonds. The number of hydrogen-bond donors (Lipinski definition) is 1. The van der Waals surface area contributed by atoms with Crippen LogP contribution in [0.25, 0.3) is 10.8 Å². The minimum Gasteiger partial charge on any atom is -0.508 e. The van der Waals surface area contributed by atoms with Gasteiger partial charge in [-0.1, -0.05) is 30.3 Å². The lowest BCUT2D eigenvalue weighted by molar-refractivity contribution is 0.165. The van der Waals surface area contributed by atoms with Gasteiger partial charge in [-0.25, -0.2) is 0 Å². The summed E-state index contributed by atoms with van der Waals surface area (Å²) >= 11 is 0. The van der Waals surface area contributed by atoms with Gasteiger partial charge in [0, 0.05) is 24.2 Å². The monoisotopic (exact) mass is 257 g/mol. The van der Waals surface area contributed by atoms with Crippen molar-refractivity contribution < 1.29 is 5.11 Å². The number of nitrogens with zero attached hydrogens (tertiary/aromatic N) is 1. The average molecular weight is 257 g/mol. The molecule has 0 aliphatic rings. The molecule has 2 aromatic rings. The molecule has 0 unspecified atom stereocenters. The number of phenolic OH excluding ortho intramolecular Hbond substituents is 1. The number of rotatable bonds is 4. The second-order valence-corrected chi connectivity index (χ2v) is 5.64. The molecule has 102 valence electrons. The van der Waals surface area contributed by atoms with E-state index in [1.54, 1.807) is 6.07 Å². The normalized spacial score (nSPS) is 11.9. The second kappa shape index (κ2) is 5.62. The first-order chi connectivity index (χ1) is 9.00. The fourth-order valence-corrected chi connectivity index (χ4v) is 2.63. The van der Waals surface area contributed by atoms with E-state index in [4.69, 9.17) is 0 Å². The molecule has 0 saturated carbocycles. The lowest BCUT2D eigenvalue weighted by Gasteiger charge is -2.31. The molecule has 2 nitrogen and oxygen atoms in total. The molecule has 2 rings (SSSR count). The van der Waals surface area contributed by atoms with Crippen LogP contribution in [0.3, 0.4) is 0 Å². The lowest BCUT2D eigenvalue weighted by atomic mass is 10.0. The molecule has 0 saturated heterocycles. The summed E-state index contributed by atoms with van der Waals surface area (Å²) in [6.45, 7) is 9.57. The second-order valence-electron chi connectivity index (χ2n) is 5.64. The van der Waals surface area contributed by atoms with E-state index in [9.17, 15) is 5.11 Å². The fraction of sp³-hybridized carbons (Fsp3) is 0.412. The largest absolute Gasteiger partial charge is 0.508 e. The van der Waals surface area contributed by atoms with Gasteiger partial charge in [0.1, 0.15) is 5.75 Å². The zero-order valence-electron chi connectivity index (χ0n) is 12.2. The summed E-state index contributed by atoms with van der Waals surface area (Å²) in [5.41, 5.74) is 1.03. The molecular formula is C17H23NO. The van der Waals surface area contributed by atoms with E-state index in [-0.39, 0.29) is 0 Å². The number of aromatic hydroxyl groups is 1. The van der Waals surface area contributed by atoms with Crippen molar-refractivity contribution in [3.63, 3.8) is 0 Å². The molecule has 2 heteroatoms. The summed E-state index contributed by atoms with van der Waals surface area (Å²) in [5, 5.41) is 12.5. The summed E-state index contributed by atoms with van der Waals surface area (Å²) in [5.74, 6) is 0.394. The third-order valence-corrected chi connectivity index (χ3v) is 3.68. The minimum atomic E-state index is 0.394. The highest BCUT2D eigenvalue weighted by Gasteiger charge is 2.17. The van der Waals surface area contributed by atoms with Gasteiger partial charge < -0.3 is 5.11 Å². The molecule has 0 heterocycles. The smallest absolute Gasteiger partial charge is 0.120 e. The molecule has 0 atom stereocenters. The Morgan fingerprint density at radius 1 is 0.947 bits per heavy atom. The summed E-state index contributed by atoms with van der Waals surface area (Å²) in [7, 11) is 0. The van der Waals surface area contributed by atoms with Gasteiger partial charge in [-0.15, -0.1) is 0 Å². The number of benzene rings is 2. The molecule has 0 bridgehead atoms. The summed E-state index contributed by atoms with van der Waals surface area (Å²) in [4.78, 5) is 2.39. The Labute approximate surface area is 115 Å². The van der Waals surface area contributed by atoms with E-state index in [1.165, 1.54) is 5.39 Å². The molecule has 0 aromatic heterocycles. The molecule has 0 aliphatic carbocycles. The van der Waals surface area contributed by atoms with Crippen LogP contribution in [0.1, 0.15) is 33.3 Å². The van der Waals surface area contributed by atoms with Gasteiger partial charge in [-0.05, 0) is 44.5 Å². The van der Waals surface area contributed by atoms with Gasteiger partial charge in [0.25, 0.3) is 0 Å². The third-order valence-electron chi connectivity index (χ3n) is 3.68. The van der Waals surface area contributed by atoms with Crippen molar-refractivity contribution in [3.05, 3.63) is 42.0 Å². The van der Waals surface area contributed by atoms with Crippen LogP contribution < -0.4 is 0 Å². The molecule has 19 heavy (non-hydrogen) atoms. The van der Waals surface area contributed by atoms with E-state index in [0.29, 0.717) is 17.8 Å². The highest BCUT2D eigenvalue weighted by molar-refractivity contribution is 5.87. The highest BCUT2D eigenvalue weighted by atomic mass is 16.3. The van der Waals surface area contributed by atoms with E-state index >= 15 is 0 Å². The van der Waals surface area contributed by atoms with Crippen molar-refractivity contribution in [2.75, 3.05) is 0 Å². The first-order valence-corrected chi connectivity index (χ1v) is 6.96. The van der Waals surface area contributed by atoms with Crippen LogP contribution in [0.5, 0.6) is 5.75 Å². The predicted molar refractivity (Wildman–Crippen MR) is 81.4 cm³/mol. The van der Waals surface area contributed by atoms with Gasteiger partial charge in [-0.3, -0.25) is 4.90 Å². The minimum absolute atomic E-state index is 0.394. The van der Waals surface area contributed by atoms with Gasteiger partial charge >= 0.3 is 0 Å². The molecule has 0 spiro atoms. The van der Waals surface area contributed by atoms with Gasteiger partial charge in [0.15, 0.2) is 0 Å². The number of hydrogen-bond acceptors (Lipinski definition) is 2. The van der Waals surface area contributed by atoms with Crippen LogP contribution in [0.4, 0.5) is 0 Å². The number of fused-ring (bicyclic) bond motifs is 1. The van der Waals surface area contributed by atoms with E-state index < -0.39 is 0 Å². The zero-order valence-corrected chi connectivity index (χ0v) is 12.2.